The summed E-state index contributed by atoms with van der Waals surface area (Å²) < 4.78 is 9.76. The van der Waals surface area contributed by atoms with Crippen LogP contribution in [-0.4, -0.2) is 32.6 Å². The number of aromatic nitrogens is 4. The van der Waals surface area contributed by atoms with E-state index in [9.17, 15) is 0 Å². The number of thiophene rings is 2. The van der Waals surface area contributed by atoms with Gasteiger partial charge < -0.3 is 9.68 Å². The highest BCUT2D eigenvalue weighted by atomic mass is 32.1. The van der Waals surface area contributed by atoms with Gasteiger partial charge in [-0.2, -0.15) is 0 Å². The normalized spacial score (nSPS) is 11.5. The Labute approximate surface area is 242 Å². The summed E-state index contributed by atoms with van der Waals surface area (Å²) in [5.41, 5.74) is 4.19. The van der Waals surface area contributed by atoms with Crippen LogP contribution in [0.4, 0.5) is 0 Å². The maximum Gasteiger partial charge on any atom is 0.569 e. The van der Waals surface area contributed by atoms with Crippen molar-refractivity contribution in [1.82, 2.24) is 19.9 Å². The number of hydrogen-bond donors (Lipinski definition) is 1. The van der Waals surface area contributed by atoms with E-state index in [-0.39, 0.29) is 0 Å². The first-order valence-electron chi connectivity index (χ1n) is 12.9. The van der Waals surface area contributed by atoms with Gasteiger partial charge in [0.05, 0.1) is 15.9 Å². The van der Waals surface area contributed by atoms with Crippen molar-refractivity contribution in [3.05, 3.63) is 103 Å². The Morgan fingerprint density at radius 3 is 2.17 bits per heavy atom. The Morgan fingerprint density at radius 2 is 1.34 bits per heavy atom. The molecule has 8 rings (SSSR count). The van der Waals surface area contributed by atoms with E-state index in [1.165, 1.54) is 24.9 Å². The average molecular weight is 565 g/mol. The minimum absolute atomic E-state index is 0.514. The lowest BCUT2D eigenvalue weighted by molar-refractivity contribution is 0.454. The summed E-state index contributed by atoms with van der Waals surface area (Å²) in [6.07, 6.45) is 1.88. The molecule has 1 radical (unpaired) electrons. The highest BCUT2D eigenvalue weighted by Gasteiger charge is 2.17. The predicted molar refractivity (Wildman–Crippen MR) is 168 cm³/mol. The van der Waals surface area contributed by atoms with Gasteiger partial charge in [0.25, 0.3) is 0 Å². The van der Waals surface area contributed by atoms with Gasteiger partial charge in [-0.15, -0.1) is 22.7 Å². The lowest BCUT2D eigenvalue weighted by Gasteiger charge is -2.10. The summed E-state index contributed by atoms with van der Waals surface area (Å²) in [6.45, 7) is 0. The average Bonchev–Trinajstić information content (AvgIpc) is 3.59. The van der Waals surface area contributed by atoms with Gasteiger partial charge in [-0.3, -0.25) is 0 Å². The molecule has 0 atom stereocenters. The molecule has 4 heterocycles. The van der Waals surface area contributed by atoms with E-state index < -0.39 is 0 Å². The molecule has 193 valence electrons. The van der Waals surface area contributed by atoms with Crippen molar-refractivity contribution < 1.29 is 9.68 Å². The van der Waals surface area contributed by atoms with Gasteiger partial charge in [-0.25, -0.2) is 19.9 Å². The molecule has 0 bridgehead atoms. The van der Waals surface area contributed by atoms with Crippen molar-refractivity contribution in [3.8, 4) is 39.9 Å². The molecule has 0 aliphatic rings. The summed E-state index contributed by atoms with van der Waals surface area (Å²) in [7, 11) is 0.664. The van der Waals surface area contributed by atoms with E-state index >= 15 is 0 Å². The monoisotopic (exact) mass is 565 g/mol. The third-order valence-electron chi connectivity index (χ3n) is 7.05. The second-order valence-corrected chi connectivity index (χ2v) is 11.7. The molecule has 1 N–H and O–H groups in total. The van der Waals surface area contributed by atoms with Crippen LogP contribution in [0.2, 0.25) is 0 Å². The summed E-state index contributed by atoms with van der Waals surface area (Å²) in [5.74, 6) is 1.61. The third kappa shape index (κ3) is 4.14. The highest BCUT2D eigenvalue weighted by Crippen LogP contribution is 2.40. The SMILES string of the molecule is O[B]Oc1ccc(-c2nc(-c3ncc4sc5ccccc5c4n3)cc(-c3cccc4sc5ccccc5c34)n2)cc1. The summed E-state index contributed by atoms with van der Waals surface area (Å²) in [4.78, 5) is 19.7. The molecule has 0 unspecified atom stereocenters. The highest BCUT2D eigenvalue weighted by molar-refractivity contribution is 7.26. The van der Waals surface area contributed by atoms with Crippen LogP contribution < -0.4 is 4.65 Å². The van der Waals surface area contributed by atoms with Crippen molar-refractivity contribution in [1.29, 1.82) is 0 Å². The van der Waals surface area contributed by atoms with Crippen LogP contribution in [0.1, 0.15) is 0 Å². The molecule has 41 heavy (non-hydrogen) atoms. The molecule has 0 aliphatic heterocycles. The van der Waals surface area contributed by atoms with Crippen molar-refractivity contribution in [3.63, 3.8) is 0 Å². The second kappa shape index (κ2) is 9.74. The molecule has 9 heteroatoms. The van der Waals surface area contributed by atoms with Crippen LogP contribution in [0.5, 0.6) is 5.75 Å². The zero-order chi connectivity index (χ0) is 27.3. The number of nitrogens with zero attached hydrogens (tertiary/aromatic N) is 4. The Balaban J connectivity index is 1.37. The molecule has 4 aromatic heterocycles. The number of fused-ring (bicyclic) bond motifs is 6. The van der Waals surface area contributed by atoms with Gasteiger partial charge in [-0.1, -0.05) is 48.5 Å². The van der Waals surface area contributed by atoms with Crippen LogP contribution in [0.3, 0.4) is 0 Å². The summed E-state index contributed by atoms with van der Waals surface area (Å²) in [6, 6.07) is 32.4. The Kier molecular flexibility index (Phi) is 5.73. The van der Waals surface area contributed by atoms with Gasteiger partial charge in [0.15, 0.2) is 11.6 Å². The molecule has 0 amide bonds. The molecule has 0 aliphatic carbocycles. The standard InChI is InChI=1S/C32H18BN4O2S2/c38-33-39-19-14-12-18(13-15-19)31-35-23(20-8-5-11-27-29(20)21-6-1-3-9-25(21)40-27)16-24(36-31)32-34-17-28-30(37-32)22-7-2-4-10-26(22)41-28/h1-17,38H. The second-order valence-electron chi connectivity index (χ2n) is 9.49. The van der Waals surface area contributed by atoms with Gasteiger partial charge in [0, 0.05) is 47.6 Å². The van der Waals surface area contributed by atoms with Gasteiger partial charge in [0.1, 0.15) is 11.4 Å². The van der Waals surface area contributed by atoms with E-state index in [2.05, 4.69) is 54.6 Å². The largest absolute Gasteiger partial charge is 0.569 e. The summed E-state index contributed by atoms with van der Waals surface area (Å²) >= 11 is 3.46. The molecular formula is C32H18BN4O2S2. The quantitative estimate of drug-likeness (QED) is 0.214. The van der Waals surface area contributed by atoms with Crippen LogP contribution >= 0.6 is 22.7 Å². The van der Waals surface area contributed by atoms with Crippen LogP contribution in [0, 0.1) is 0 Å². The molecule has 0 saturated carbocycles. The molecular weight excluding hydrogens is 547 g/mol. The summed E-state index contributed by atoms with van der Waals surface area (Å²) in [5, 5.41) is 12.5. The predicted octanol–water partition coefficient (Wildman–Crippen LogP) is 7.91. The van der Waals surface area contributed by atoms with Crippen LogP contribution in [0.25, 0.3) is 74.6 Å². The van der Waals surface area contributed by atoms with Gasteiger partial charge in [0.2, 0.25) is 0 Å². The molecule has 0 saturated heterocycles. The zero-order valence-corrected chi connectivity index (χ0v) is 23.0. The van der Waals surface area contributed by atoms with Crippen LogP contribution in [-0.2, 0) is 0 Å². The molecule has 8 aromatic rings. The topological polar surface area (TPSA) is 81.0 Å². The Morgan fingerprint density at radius 1 is 0.634 bits per heavy atom. The number of rotatable bonds is 5. The van der Waals surface area contributed by atoms with E-state index in [1.54, 1.807) is 34.8 Å². The zero-order valence-electron chi connectivity index (χ0n) is 21.4. The number of benzene rings is 4. The molecule has 0 spiro atoms. The first kappa shape index (κ1) is 24.1. The van der Waals surface area contributed by atoms with E-state index in [0.717, 1.165) is 32.4 Å². The number of hydrogen-bond acceptors (Lipinski definition) is 8. The molecule has 6 nitrogen and oxygen atoms in total. The van der Waals surface area contributed by atoms with Gasteiger partial charge in [-0.05, 0) is 48.5 Å². The fraction of sp³-hybridized carbons (Fsp3) is 0. The van der Waals surface area contributed by atoms with E-state index in [0.29, 0.717) is 30.8 Å². The van der Waals surface area contributed by atoms with Crippen molar-refractivity contribution >= 4 is 70.8 Å². The lowest BCUT2D eigenvalue weighted by atomic mass is 10.0. The smallest absolute Gasteiger partial charge is 0.537 e. The van der Waals surface area contributed by atoms with E-state index in [1.807, 2.05) is 36.5 Å². The van der Waals surface area contributed by atoms with Crippen molar-refractivity contribution in [2.75, 3.05) is 0 Å². The molecule has 4 aromatic carbocycles. The minimum Gasteiger partial charge on any atom is -0.537 e. The Bertz CT molecular complexity index is 2250. The third-order valence-corrected chi connectivity index (χ3v) is 9.28. The fourth-order valence-corrected chi connectivity index (χ4v) is 7.34. The first-order valence-corrected chi connectivity index (χ1v) is 14.6. The van der Waals surface area contributed by atoms with Crippen LogP contribution in [0.15, 0.2) is 103 Å². The van der Waals surface area contributed by atoms with E-state index in [4.69, 9.17) is 29.6 Å². The molecule has 0 fully saturated rings. The maximum absolute atomic E-state index is 9.02. The first-order chi connectivity index (χ1) is 20.2. The lowest BCUT2D eigenvalue weighted by Crippen LogP contribution is -2.00. The Hall–Kier alpha value is -4.70. The van der Waals surface area contributed by atoms with Crippen molar-refractivity contribution in [2.24, 2.45) is 0 Å². The fourth-order valence-electron chi connectivity index (χ4n) is 5.19. The van der Waals surface area contributed by atoms with Gasteiger partial charge >= 0.3 is 7.69 Å². The minimum atomic E-state index is 0.514. The van der Waals surface area contributed by atoms with Crippen molar-refractivity contribution in [2.45, 2.75) is 0 Å². The maximum atomic E-state index is 9.02.